The summed E-state index contributed by atoms with van der Waals surface area (Å²) >= 11 is 0. The van der Waals surface area contributed by atoms with Crippen molar-refractivity contribution in [1.29, 1.82) is 0 Å². The highest BCUT2D eigenvalue weighted by molar-refractivity contribution is 6.22. The molecule has 1 heteroatoms. The molecule has 0 rings (SSSR count). The molecule has 7 heavy (non-hydrogen) atoms. The average molecular weight is 101 g/mol. The van der Waals surface area contributed by atoms with Gasteiger partial charge in [-0.3, -0.25) is 0 Å². The minimum absolute atomic E-state index is 2.12. The zero-order valence-corrected chi connectivity index (χ0v) is 4.58. The molecule has 29 valence electrons. The maximum atomic E-state index is 4.76. The van der Waals surface area contributed by atoms with E-state index < -0.39 is 0 Å². The molecule has 3 radical (unpaired) electrons. The van der Waals surface area contributed by atoms with Crippen molar-refractivity contribution in [2.45, 2.75) is 0 Å². The second kappa shape index (κ2) is 4.90. The Balaban J connectivity index is 3.68. The molecule has 0 aromatic heterocycles. The Bertz CT molecular complexity index is 186. The van der Waals surface area contributed by atoms with Crippen LogP contribution in [0.4, 0.5) is 0 Å². The Morgan fingerprint density at radius 1 is 1.14 bits per heavy atom. The van der Waals surface area contributed by atoms with Crippen LogP contribution in [0.2, 0.25) is 0 Å². The van der Waals surface area contributed by atoms with Gasteiger partial charge in [-0.25, -0.2) is 0 Å². The highest BCUT2D eigenvalue weighted by Gasteiger charge is 1.45. The largest absolute Gasteiger partial charge is 0.148 e. The lowest BCUT2D eigenvalue weighted by Gasteiger charge is -1.48. The van der Waals surface area contributed by atoms with Gasteiger partial charge in [-0.1, -0.05) is 0 Å². The summed E-state index contributed by atoms with van der Waals surface area (Å²) in [7, 11) is 2.89. The molecular weight excluding hydrogens is 100 g/mol. The number of terminal acetylenes is 1. The summed E-state index contributed by atoms with van der Waals surface area (Å²) in [5.74, 6) is 9.24. The Kier molecular flexibility index (Phi) is 4.13. The third kappa shape index (κ3) is 4.90. The first-order chi connectivity index (χ1) is 3.41. The van der Waals surface area contributed by atoms with Gasteiger partial charge in [0.1, 0.15) is 10.2 Å². The van der Waals surface area contributed by atoms with E-state index >= 15 is 0 Å². The van der Waals surface area contributed by atoms with Crippen molar-refractivity contribution in [3.8, 4) is 35.6 Å². The Labute approximate surface area is 46.7 Å². The molecule has 0 heterocycles. The van der Waals surface area contributed by atoms with Crippen molar-refractivity contribution < 1.29 is 0 Å². The summed E-state index contributed by atoms with van der Waals surface area (Å²) in [4.78, 5) is 0. The lowest BCUT2D eigenvalue weighted by molar-refractivity contribution is 2.46. The van der Waals surface area contributed by atoms with Crippen LogP contribution in [0, 0.1) is 35.6 Å². The van der Waals surface area contributed by atoms with Crippen LogP contribution in [0.5, 0.6) is 0 Å². The fourth-order valence-electron chi connectivity index (χ4n) is 0.0986. The lowest BCUT2D eigenvalue weighted by Crippen LogP contribution is -1.50. The van der Waals surface area contributed by atoms with Crippen molar-refractivity contribution in [3.05, 3.63) is 0 Å². The maximum Gasteiger partial charge on any atom is 0.148 e. The maximum absolute atomic E-state index is 4.76. The third-order valence-electron chi connectivity index (χ3n) is 0.260. The number of rotatable bonds is 0. The molecule has 0 N–H and O–H groups in total. The Morgan fingerprint density at radius 2 is 1.86 bits per heavy atom. The summed E-state index contributed by atoms with van der Waals surface area (Å²) < 4.78 is 0. The first-order valence-electron chi connectivity index (χ1n) is 1.54. The van der Waals surface area contributed by atoms with Gasteiger partial charge in [-0.15, -0.1) is 12.0 Å². The first-order valence-corrected chi connectivity index (χ1v) is 2.04. The second-order valence-electron chi connectivity index (χ2n) is 0.644. The molecular formula is C6HSi. The normalized spacial score (nSPS) is 3.43. The van der Waals surface area contributed by atoms with Gasteiger partial charge in [0.25, 0.3) is 0 Å². The summed E-state index contributed by atoms with van der Waals surface area (Å²) in [6, 6.07) is 0. The van der Waals surface area contributed by atoms with Crippen molar-refractivity contribution in [3.63, 3.8) is 0 Å². The predicted octanol–water partition coefficient (Wildman–Crippen LogP) is -0.248. The smallest absolute Gasteiger partial charge is 0.124 e. The van der Waals surface area contributed by atoms with Crippen molar-refractivity contribution >= 4 is 10.2 Å². The minimum Gasteiger partial charge on any atom is -0.124 e. The van der Waals surface area contributed by atoms with Crippen LogP contribution in [0.25, 0.3) is 0 Å². The third-order valence-corrected chi connectivity index (χ3v) is 0.385. The summed E-state index contributed by atoms with van der Waals surface area (Å²) in [6.45, 7) is 0. The highest BCUT2D eigenvalue weighted by Crippen LogP contribution is 1.46. The van der Waals surface area contributed by atoms with Gasteiger partial charge in [0.15, 0.2) is 0 Å². The molecule has 0 aromatic rings. The van der Waals surface area contributed by atoms with E-state index in [0.29, 0.717) is 0 Å². The van der Waals surface area contributed by atoms with Crippen molar-refractivity contribution in [2.24, 2.45) is 0 Å². The van der Waals surface area contributed by atoms with Gasteiger partial charge in [-0.2, -0.15) is 0 Å². The minimum atomic E-state index is 2.12. The van der Waals surface area contributed by atoms with Gasteiger partial charge >= 0.3 is 0 Å². The van der Waals surface area contributed by atoms with Crippen LogP contribution in [0.3, 0.4) is 0 Å². The Morgan fingerprint density at radius 3 is 2.29 bits per heavy atom. The van der Waals surface area contributed by atoms with Gasteiger partial charge < -0.3 is 0 Å². The topological polar surface area (TPSA) is 0 Å². The quantitative estimate of drug-likeness (QED) is 0.291. The molecule has 0 aromatic carbocycles. The molecule has 0 amide bonds. The average Bonchev–Trinajstić information content (AvgIpc) is 1.69. The monoisotopic (exact) mass is 101 g/mol. The SMILES string of the molecule is C#CC#CC#C[Si]. The molecule has 0 aliphatic heterocycles. The van der Waals surface area contributed by atoms with E-state index in [9.17, 15) is 0 Å². The molecule has 0 fully saturated rings. The van der Waals surface area contributed by atoms with Gasteiger partial charge in [0, 0.05) is 0 Å². The van der Waals surface area contributed by atoms with Gasteiger partial charge in [-0.05, 0) is 23.7 Å². The lowest BCUT2D eigenvalue weighted by atomic mass is 10.6. The van der Waals surface area contributed by atoms with E-state index in [-0.39, 0.29) is 0 Å². The van der Waals surface area contributed by atoms with Crippen LogP contribution in [0.1, 0.15) is 0 Å². The van der Waals surface area contributed by atoms with Crippen LogP contribution in [0.15, 0.2) is 0 Å². The van der Waals surface area contributed by atoms with E-state index in [0.717, 1.165) is 0 Å². The van der Waals surface area contributed by atoms with Crippen LogP contribution in [-0.2, 0) is 0 Å². The van der Waals surface area contributed by atoms with E-state index in [2.05, 4.69) is 39.5 Å². The molecule has 0 unspecified atom stereocenters. The van der Waals surface area contributed by atoms with E-state index in [1.54, 1.807) is 0 Å². The summed E-state index contributed by atoms with van der Waals surface area (Å²) in [6.07, 6.45) is 4.76. The number of hydrogen-bond acceptors (Lipinski definition) is 0. The molecule has 0 bridgehead atoms. The molecule has 0 saturated heterocycles. The van der Waals surface area contributed by atoms with Crippen molar-refractivity contribution in [2.75, 3.05) is 0 Å². The molecule has 0 aliphatic rings. The number of hydrogen-bond donors (Lipinski definition) is 0. The fourth-order valence-corrected chi connectivity index (χ4v) is 0.161. The highest BCUT2D eigenvalue weighted by atomic mass is 28.1. The van der Waals surface area contributed by atoms with Crippen LogP contribution in [-0.4, -0.2) is 10.2 Å². The van der Waals surface area contributed by atoms with Gasteiger partial charge in [0.05, 0.1) is 0 Å². The van der Waals surface area contributed by atoms with Gasteiger partial charge in [0.2, 0.25) is 0 Å². The van der Waals surface area contributed by atoms with E-state index in [4.69, 9.17) is 6.42 Å². The fraction of sp³-hybridized carbons (Fsp3) is 0. The zero-order valence-electron chi connectivity index (χ0n) is 3.58. The van der Waals surface area contributed by atoms with E-state index in [1.165, 1.54) is 0 Å². The van der Waals surface area contributed by atoms with Crippen LogP contribution >= 0.6 is 0 Å². The standard InChI is InChI=1S/C6HSi/c1-2-3-4-5-6-7/h1H. The molecule has 0 atom stereocenters. The zero-order chi connectivity index (χ0) is 5.54. The second-order valence-corrected chi connectivity index (χ2v) is 0.894. The Hall–Kier alpha value is -1.10. The molecule has 0 spiro atoms. The molecule has 0 nitrogen and oxygen atoms in total. The molecule has 0 saturated carbocycles. The predicted molar refractivity (Wildman–Crippen MR) is 30.1 cm³/mol. The van der Waals surface area contributed by atoms with Crippen molar-refractivity contribution in [1.82, 2.24) is 0 Å². The molecule has 0 aliphatic carbocycles. The summed E-state index contributed by atoms with van der Waals surface area (Å²) in [5, 5.41) is 0. The summed E-state index contributed by atoms with van der Waals surface area (Å²) in [5.41, 5.74) is 2.39. The van der Waals surface area contributed by atoms with E-state index in [1.807, 2.05) is 0 Å². The first kappa shape index (κ1) is 5.90. The van der Waals surface area contributed by atoms with Crippen LogP contribution < -0.4 is 0 Å².